The van der Waals surface area contributed by atoms with Gasteiger partial charge in [-0.2, -0.15) is 52.7 Å². The molecule has 0 radical (unpaired) electrons. The van der Waals surface area contributed by atoms with Crippen LogP contribution in [0.5, 0.6) is 11.5 Å². The van der Waals surface area contributed by atoms with Crippen LogP contribution in [0.2, 0.25) is 0 Å². The van der Waals surface area contributed by atoms with Crippen LogP contribution in [0.25, 0.3) is 0 Å². The van der Waals surface area contributed by atoms with Crippen molar-refractivity contribution in [3.8, 4) is 11.5 Å². The number of nitrogens with two attached hydrogens (primary N) is 2. The average Bonchev–Trinajstić information content (AvgIpc) is 3.82. The zero-order valence-electron chi connectivity index (χ0n) is 21.8. The molecular weight excluding hydrogens is 600 g/mol. The summed E-state index contributed by atoms with van der Waals surface area (Å²) in [5.41, 5.74) is 6.21. The maximum Gasteiger partial charge on any atom is 0.385 e. The van der Waals surface area contributed by atoms with Crippen LogP contribution in [0.4, 0.5) is 64.1 Å². The van der Waals surface area contributed by atoms with Gasteiger partial charge < -0.3 is 20.9 Å². The van der Waals surface area contributed by atoms with E-state index < -0.39 is 70.0 Å². The largest absolute Gasteiger partial charge is 0.495 e. The molecule has 2 aliphatic carbocycles. The van der Waals surface area contributed by atoms with Gasteiger partial charge in [0.2, 0.25) is 0 Å². The Bertz CT molecular complexity index is 1270. The molecule has 0 saturated heterocycles. The second-order valence-electron chi connectivity index (χ2n) is 10.4. The Labute approximate surface area is 230 Å². The van der Waals surface area contributed by atoms with Gasteiger partial charge >= 0.3 is 35.5 Å². The smallest absolute Gasteiger partial charge is 0.385 e. The van der Waals surface area contributed by atoms with E-state index in [9.17, 15) is 35.1 Å². The molecule has 0 spiro atoms. The van der Waals surface area contributed by atoms with Gasteiger partial charge in [0, 0.05) is 11.1 Å². The number of nitrogen functional groups attached to an aromatic ring is 2. The molecule has 0 atom stereocenters. The molecule has 4 nitrogen and oxygen atoms in total. The highest BCUT2D eigenvalue weighted by Crippen LogP contribution is 2.64. The molecule has 2 fully saturated rings. The first-order valence-corrected chi connectivity index (χ1v) is 12.3. The molecule has 234 valence electrons. The van der Waals surface area contributed by atoms with Crippen molar-refractivity contribution in [1.82, 2.24) is 0 Å². The lowest BCUT2D eigenvalue weighted by atomic mass is 9.86. The number of methoxy groups -OCH3 is 2. The first kappa shape index (κ1) is 31.7. The molecule has 2 aromatic rings. The molecule has 4 rings (SSSR count). The van der Waals surface area contributed by atoms with Crippen LogP contribution in [0.3, 0.4) is 0 Å². The number of hydrogen-bond donors (Lipinski definition) is 2. The van der Waals surface area contributed by atoms with E-state index in [-0.39, 0.29) is 46.8 Å². The van der Waals surface area contributed by atoms with Crippen LogP contribution in [-0.2, 0) is 11.8 Å². The van der Waals surface area contributed by atoms with Gasteiger partial charge in [-0.25, -0.2) is 0 Å². The molecule has 2 aromatic carbocycles. The van der Waals surface area contributed by atoms with E-state index >= 15 is 17.6 Å². The van der Waals surface area contributed by atoms with Gasteiger partial charge in [-0.15, -0.1) is 0 Å². The van der Waals surface area contributed by atoms with Crippen LogP contribution < -0.4 is 20.9 Å². The summed E-state index contributed by atoms with van der Waals surface area (Å²) in [6, 6.07) is 0.585. The van der Waals surface area contributed by atoms with E-state index in [4.69, 9.17) is 20.9 Å². The minimum absolute atomic E-state index is 0.0517. The topological polar surface area (TPSA) is 70.5 Å². The zero-order valence-corrected chi connectivity index (χ0v) is 21.8. The lowest BCUT2D eigenvalue weighted by Gasteiger charge is -2.41. The van der Waals surface area contributed by atoms with Crippen molar-refractivity contribution in [1.29, 1.82) is 0 Å². The van der Waals surface area contributed by atoms with E-state index in [1.807, 2.05) is 0 Å². The number of hydrogen-bond acceptors (Lipinski definition) is 4. The number of halogens is 12. The fourth-order valence-corrected chi connectivity index (χ4v) is 4.61. The van der Waals surface area contributed by atoms with Crippen LogP contribution in [0.15, 0.2) is 24.3 Å². The van der Waals surface area contributed by atoms with E-state index in [1.165, 1.54) is 0 Å². The molecule has 0 aromatic heterocycles. The van der Waals surface area contributed by atoms with Crippen molar-refractivity contribution in [2.45, 2.75) is 73.1 Å². The fraction of sp³-hybridized carbons (Fsp3) is 0.538. The minimum atomic E-state index is -7.75. The Kier molecular flexibility index (Phi) is 7.30. The second kappa shape index (κ2) is 9.66. The number of benzene rings is 2. The third-order valence-corrected chi connectivity index (χ3v) is 7.52. The van der Waals surface area contributed by atoms with Crippen LogP contribution >= 0.6 is 0 Å². The normalized spacial score (nSPS) is 17.4. The van der Waals surface area contributed by atoms with Gasteiger partial charge in [0.25, 0.3) is 0 Å². The van der Waals surface area contributed by atoms with Gasteiger partial charge in [0.05, 0.1) is 25.6 Å². The molecule has 0 aliphatic heterocycles. The molecule has 4 N–H and O–H groups in total. The maximum atomic E-state index is 15.0. The van der Waals surface area contributed by atoms with Gasteiger partial charge in [-0.3, -0.25) is 0 Å². The third kappa shape index (κ3) is 4.38. The summed E-state index contributed by atoms with van der Waals surface area (Å²) >= 11 is 0. The van der Waals surface area contributed by atoms with E-state index in [0.717, 1.165) is 14.2 Å². The Morgan fingerprint density at radius 3 is 1.05 bits per heavy atom. The highest BCUT2D eigenvalue weighted by atomic mass is 19.4. The summed E-state index contributed by atoms with van der Waals surface area (Å²) in [6.45, 7) is 0. The molecule has 42 heavy (non-hydrogen) atoms. The van der Waals surface area contributed by atoms with Crippen molar-refractivity contribution < 1.29 is 62.2 Å². The van der Waals surface area contributed by atoms with E-state index in [2.05, 4.69) is 0 Å². The number of ether oxygens (including phenoxy) is 2. The van der Waals surface area contributed by atoms with Gasteiger partial charge in [0.1, 0.15) is 11.5 Å². The summed E-state index contributed by atoms with van der Waals surface area (Å²) in [6.07, 6.45) is 1.30. The fourth-order valence-electron chi connectivity index (χ4n) is 4.61. The first-order valence-electron chi connectivity index (χ1n) is 12.3. The molecular formula is C26H24F12N2O2. The van der Waals surface area contributed by atoms with Gasteiger partial charge in [0.15, 0.2) is 0 Å². The van der Waals surface area contributed by atoms with Crippen molar-refractivity contribution in [2.24, 2.45) is 0 Å². The predicted octanol–water partition coefficient (Wildman–Crippen LogP) is 8.05. The number of anilines is 2. The Morgan fingerprint density at radius 2 is 0.810 bits per heavy atom. The van der Waals surface area contributed by atoms with Crippen LogP contribution in [0.1, 0.15) is 59.8 Å². The SMILES string of the molecule is COc1cc(C(F)(F)C(F)(F)C(F)(F)C(F)(F)C(F)(F)C(F)(F)c2cc(OC)c(N)c(C3CC3)c2)cc(C2CC2)c1N. The van der Waals surface area contributed by atoms with Gasteiger partial charge in [-0.1, -0.05) is 0 Å². The Hall–Kier alpha value is -3.20. The number of alkyl halides is 12. The van der Waals surface area contributed by atoms with E-state index in [0.29, 0.717) is 25.7 Å². The molecule has 0 bridgehead atoms. The average molecular weight is 624 g/mol. The summed E-state index contributed by atoms with van der Waals surface area (Å²) in [4.78, 5) is 0. The molecule has 16 heteroatoms. The summed E-state index contributed by atoms with van der Waals surface area (Å²) in [5, 5.41) is 0. The summed E-state index contributed by atoms with van der Waals surface area (Å²) in [7, 11) is 1.71. The van der Waals surface area contributed by atoms with Crippen molar-refractivity contribution in [2.75, 3.05) is 25.7 Å². The quantitative estimate of drug-likeness (QED) is 0.196. The number of rotatable bonds is 11. The monoisotopic (exact) mass is 624 g/mol. The highest BCUT2D eigenvalue weighted by molar-refractivity contribution is 5.64. The molecule has 2 saturated carbocycles. The van der Waals surface area contributed by atoms with Crippen LogP contribution in [-0.4, -0.2) is 37.9 Å². The molecule has 0 heterocycles. The lowest BCUT2D eigenvalue weighted by molar-refractivity contribution is -0.429. The lowest BCUT2D eigenvalue weighted by Crippen LogP contribution is -2.69. The summed E-state index contributed by atoms with van der Waals surface area (Å²) in [5.74, 6) is -45.4. The second-order valence-corrected chi connectivity index (χ2v) is 10.4. The first-order chi connectivity index (χ1) is 19.1. The van der Waals surface area contributed by atoms with Crippen molar-refractivity contribution in [3.63, 3.8) is 0 Å². The zero-order chi connectivity index (χ0) is 31.8. The Morgan fingerprint density at radius 1 is 0.524 bits per heavy atom. The molecule has 2 aliphatic rings. The van der Waals surface area contributed by atoms with Crippen LogP contribution in [0, 0.1) is 0 Å². The Balaban J connectivity index is 1.80. The minimum Gasteiger partial charge on any atom is -0.495 e. The van der Waals surface area contributed by atoms with Gasteiger partial charge in [-0.05, 0) is 72.9 Å². The third-order valence-electron chi connectivity index (χ3n) is 7.52. The standard InChI is InChI=1S/C26H24F12N2O2/c1-41-17-9-13(7-15(19(17)39)11-3-4-11)21(27,28)23(31,32)25(35,36)26(37,38)24(33,34)22(29,30)14-8-16(12-5-6-12)20(40)18(10-14)42-2/h7-12H,3-6,39-40H2,1-2H3. The highest BCUT2D eigenvalue weighted by Gasteiger charge is 2.90. The molecule has 0 unspecified atom stereocenters. The summed E-state index contributed by atoms with van der Waals surface area (Å²) < 4.78 is 188. The van der Waals surface area contributed by atoms with E-state index in [1.54, 1.807) is 0 Å². The molecule has 0 amide bonds. The predicted molar refractivity (Wildman–Crippen MR) is 126 cm³/mol. The maximum absolute atomic E-state index is 15.0. The van der Waals surface area contributed by atoms with Crippen molar-refractivity contribution in [3.05, 3.63) is 46.5 Å². The van der Waals surface area contributed by atoms with Crippen molar-refractivity contribution >= 4 is 11.4 Å².